The molecular weight excluding hydrogens is 292 g/mol. The molecule has 0 aliphatic carbocycles. The van der Waals surface area contributed by atoms with E-state index >= 15 is 0 Å². The Morgan fingerprint density at radius 2 is 2.06 bits per heavy atom. The molecule has 0 amide bonds. The fourth-order valence-corrected chi connectivity index (χ4v) is 2.48. The lowest BCUT2D eigenvalue weighted by Crippen LogP contribution is -2.33. The molecule has 1 saturated heterocycles. The lowest BCUT2D eigenvalue weighted by atomic mass is 10.1. The Balaban J connectivity index is 1.96. The third-order valence-electron chi connectivity index (χ3n) is 2.91. The normalized spacial score (nSPS) is 18.9. The van der Waals surface area contributed by atoms with Gasteiger partial charge >= 0.3 is 0 Å². The lowest BCUT2D eigenvalue weighted by molar-refractivity contribution is 0.226. The first-order chi connectivity index (χ1) is 7.65. The summed E-state index contributed by atoms with van der Waals surface area (Å²) in [6, 6.07) is 5.05. The molecule has 0 saturated carbocycles. The summed E-state index contributed by atoms with van der Waals surface area (Å²) in [5, 5.41) is 0.197. The highest BCUT2D eigenvalue weighted by atomic mass is 79.9. The Kier molecular flexibility index (Phi) is 4.22. The smallest absolute Gasteiger partial charge is 0.142 e. The second-order valence-corrected chi connectivity index (χ2v) is 5.90. The fraction of sp³-hybridized carbons (Fsp3) is 0.500. The minimum absolute atomic E-state index is 0.197. The van der Waals surface area contributed by atoms with Crippen LogP contribution in [-0.4, -0.2) is 22.8 Å². The molecule has 4 heteroatoms. The van der Waals surface area contributed by atoms with Crippen LogP contribution in [0, 0.1) is 5.82 Å². The fourth-order valence-electron chi connectivity index (χ4n) is 1.96. The molecule has 1 aromatic carbocycles. The van der Waals surface area contributed by atoms with Crippen molar-refractivity contribution in [2.24, 2.45) is 0 Å². The Bertz CT molecular complexity index is 364. The van der Waals surface area contributed by atoms with Crippen molar-refractivity contribution < 1.29 is 4.39 Å². The Morgan fingerprint density at radius 1 is 1.38 bits per heavy atom. The van der Waals surface area contributed by atoms with Crippen molar-refractivity contribution in [3.63, 3.8) is 0 Å². The Labute approximate surface area is 109 Å². The molecule has 1 fully saturated rings. The van der Waals surface area contributed by atoms with Gasteiger partial charge < -0.3 is 0 Å². The van der Waals surface area contributed by atoms with Crippen molar-refractivity contribution in [3.8, 4) is 0 Å². The Hall–Kier alpha value is -0.120. The molecule has 0 bridgehead atoms. The van der Waals surface area contributed by atoms with Crippen molar-refractivity contribution in [2.45, 2.75) is 24.2 Å². The minimum Gasteiger partial charge on any atom is -0.299 e. The SMILES string of the molecule is Fc1cc(CN2CCC(Br)CC2)ccc1Cl. The van der Waals surface area contributed by atoms with Gasteiger partial charge in [0.1, 0.15) is 5.82 Å². The maximum absolute atomic E-state index is 13.2. The lowest BCUT2D eigenvalue weighted by Gasteiger charge is -2.29. The minimum atomic E-state index is -0.324. The molecule has 0 aromatic heterocycles. The number of hydrogen-bond donors (Lipinski definition) is 0. The third-order valence-corrected chi connectivity index (χ3v) is 4.13. The van der Waals surface area contributed by atoms with E-state index in [1.165, 1.54) is 6.07 Å². The molecule has 0 atom stereocenters. The molecular formula is C12H14BrClFN. The second-order valence-electron chi connectivity index (χ2n) is 4.20. The van der Waals surface area contributed by atoms with Gasteiger partial charge in [0, 0.05) is 11.4 Å². The molecule has 88 valence electrons. The predicted octanol–water partition coefficient (Wildman–Crippen LogP) is 3.84. The van der Waals surface area contributed by atoms with Crippen LogP contribution in [0.2, 0.25) is 5.02 Å². The summed E-state index contributed by atoms with van der Waals surface area (Å²) in [5.41, 5.74) is 0.995. The topological polar surface area (TPSA) is 3.24 Å². The van der Waals surface area contributed by atoms with Crippen molar-refractivity contribution in [1.82, 2.24) is 4.90 Å². The van der Waals surface area contributed by atoms with Crippen LogP contribution in [0.25, 0.3) is 0 Å². The van der Waals surface area contributed by atoms with Crippen LogP contribution in [0.5, 0.6) is 0 Å². The van der Waals surface area contributed by atoms with E-state index in [1.54, 1.807) is 6.07 Å². The summed E-state index contributed by atoms with van der Waals surface area (Å²) < 4.78 is 13.2. The molecule has 0 unspecified atom stereocenters. The van der Waals surface area contributed by atoms with Crippen molar-refractivity contribution in [1.29, 1.82) is 0 Å². The van der Waals surface area contributed by atoms with Gasteiger partial charge in [-0.15, -0.1) is 0 Å². The van der Waals surface area contributed by atoms with Gasteiger partial charge in [-0.05, 0) is 43.6 Å². The maximum Gasteiger partial charge on any atom is 0.142 e. The number of alkyl halides is 1. The summed E-state index contributed by atoms with van der Waals surface area (Å²) in [6.45, 7) is 2.95. The average molecular weight is 307 g/mol. The van der Waals surface area contributed by atoms with E-state index in [9.17, 15) is 4.39 Å². The van der Waals surface area contributed by atoms with E-state index in [0.717, 1.165) is 38.0 Å². The van der Waals surface area contributed by atoms with E-state index in [4.69, 9.17) is 11.6 Å². The van der Waals surface area contributed by atoms with Gasteiger partial charge in [-0.25, -0.2) is 4.39 Å². The van der Waals surface area contributed by atoms with E-state index < -0.39 is 0 Å². The Morgan fingerprint density at radius 3 is 2.69 bits per heavy atom. The van der Waals surface area contributed by atoms with Gasteiger partial charge in [-0.3, -0.25) is 4.90 Å². The van der Waals surface area contributed by atoms with E-state index in [1.807, 2.05) is 6.07 Å². The van der Waals surface area contributed by atoms with Gasteiger partial charge in [0.05, 0.1) is 5.02 Å². The molecule has 16 heavy (non-hydrogen) atoms. The first kappa shape index (κ1) is 12.3. The quantitative estimate of drug-likeness (QED) is 0.751. The number of piperidine rings is 1. The molecule has 1 nitrogen and oxygen atoms in total. The number of rotatable bonds is 2. The van der Waals surface area contributed by atoms with Crippen LogP contribution in [0.15, 0.2) is 18.2 Å². The first-order valence-corrected chi connectivity index (χ1v) is 6.75. The molecule has 0 radical (unpaired) electrons. The summed E-state index contributed by atoms with van der Waals surface area (Å²) in [5.74, 6) is -0.324. The highest BCUT2D eigenvalue weighted by molar-refractivity contribution is 9.09. The molecule has 2 rings (SSSR count). The highest BCUT2D eigenvalue weighted by Crippen LogP contribution is 2.21. The second kappa shape index (κ2) is 5.48. The van der Waals surface area contributed by atoms with Crippen LogP contribution in [0.3, 0.4) is 0 Å². The van der Waals surface area contributed by atoms with Crippen LogP contribution in [0.1, 0.15) is 18.4 Å². The zero-order valence-corrected chi connectivity index (χ0v) is 11.3. The number of likely N-dealkylation sites (tertiary alicyclic amines) is 1. The summed E-state index contributed by atoms with van der Waals surface area (Å²) in [6.07, 6.45) is 2.33. The number of nitrogens with zero attached hydrogens (tertiary/aromatic N) is 1. The van der Waals surface area contributed by atoms with Crippen molar-refractivity contribution >= 4 is 27.5 Å². The highest BCUT2D eigenvalue weighted by Gasteiger charge is 2.16. The van der Waals surface area contributed by atoms with E-state index in [0.29, 0.717) is 4.83 Å². The first-order valence-electron chi connectivity index (χ1n) is 5.45. The van der Waals surface area contributed by atoms with Gasteiger partial charge in [-0.1, -0.05) is 33.6 Å². The van der Waals surface area contributed by atoms with Crippen molar-refractivity contribution in [3.05, 3.63) is 34.6 Å². The molecule has 1 heterocycles. The molecule has 0 spiro atoms. The summed E-state index contributed by atoms with van der Waals surface area (Å²) >= 11 is 9.27. The largest absolute Gasteiger partial charge is 0.299 e. The standard InChI is InChI=1S/C12H14BrClFN/c13-10-3-5-16(6-4-10)8-9-1-2-11(14)12(15)7-9/h1-2,7,10H,3-6,8H2. The third kappa shape index (κ3) is 3.19. The summed E-state index contributed by atoms with van der Waals surface area (Å²) in [4.78, 5) is 2.99. The van der Waals surface area contributed by atoms with Gasteiger partial charge in [0.15, 0.2) is 0 Å². The maximum atomic E-state index is 13.2. The van der Waals surface area contributed by atoms with Crippen LogP contribution in [-0.2, 0) is 6.54 Å². The average Bonchev–Trinajstić information content (AvgIpc) is 2.27. The van der Waals surface area contributed by atoms with Gasteiger partial charge in [-0.2, -0.15) is 0 Å². The number of benzene rings is 1. The van der Waals surface area contributed by atoms with Gasteiger partial charge in [0.25, 0.3) is 0 Å². The zero-order chi connectivity index (χ0) is 11.5. The molecule has 1 aromatic rings. The summed E-state index contributed by atoms with van der Waals surface area (Å²) in [7, 11) is 0. The van der Waals surface area contributed by atoms with E-state index in [2.05, 4.69) is 20.8 Å². The molecule has 0 N–H and O–H groups in total. The van der Waals surface area contributed by atoms with Crippen LogP contribution in [0.4, 0.5) is 4.39 Å². The predicted molar refractivity (Wildman–Crippen MR) is 68.6 cm³/mol. The molecule has 1 aliphatic rings. The number of halogens is 3. The van der Waals surface area contributed by atoms with Gasteiger partial charge in [0.2, 0.25) is 0 Å². The van der Waals surface area contributed by atoms with Crippen LogP contribution >= 0.6 is 27.5 Å². The zero-order valence-electron chi connectivity index (χ0n) is 8.93. The van der Waals surface area contributed by atoms with Crippen molar-refractivity contribution in [2.75, 3.05) is 13.1 Å². The van der Waals surface area contributed by atoms with E-state index in [-0.39, 0.29) is 10.8 Å². The molecule has 1 aliphatic heterocycles. The van der Waals surface area contributed by atoms with Crippen LogP contribution < -0.4 is 0 Å². The number of hydrogen-bond acceptors (Lipinski definition) is 1. The monoisotopic (exact) mass is 305 g/mol.